The molecule has 0 spiro atoms. The average Bonchev–Trinajstić information content (AvgIpc) is 1.89. The summed E-state index contributed by atoms with van der Waals surface area (Å²) < 4.78 is 3.58. The lowest BCUT2D eigenvalue weighted by Crippen LogP contribution is -2.07. The van der Waals surface area contributed by atoms with Crippen LogP contribution in [0.4, 0.5) is 0 Å². The van der Waals surface area contributed by atoms with E-state index in [1.807, 2.05) is 6.08 Å². The minimum Gasteiger partial charge on any atom is -0.299 e. The van der Waals surface area contributed by atoms with Gasteiger partial charge < -0.3 is 0 Å². The Morgan fingerprint density at radius 2 is 2.00 bits per heavy atom. The molecule has 0 radical (unpaired) electrons. The zero-order chi connectivity index (χ0) is 6.69. The van der Waals surface area contributed by atoms with Crippen LogP contribution in [0.25, 0.3) is 0 Å². The van der Waals surface area contributed by atoms with Gasteiger partial charge in [-0.2, -0.15) is 0 Å². The number of hydrogen-bond donors (Lipinski definition) is 2. The van der Waals surface area contributed by atoms with Gasteiger partial charge in [-0.15, -0.1) is 0 Å². The summed E-state index contributed by atoms with van der Waals surface area (Å²) in [5.41, 5.74) is 1.02. The van der Waals surface area contributed by atoms with Gasteiger partial charge >= 0.3 is 0 Å². The maximum absolute atomic E-state index is 7.23. The van der Waals surface area contributed by atoms with Crippen LogP contribution < -0.4 is 0 Å². The summed E-state index contributed by atoms with van der Waals surface area (Å²) in [6, 6.07) is 0. The number of nitrogens with zero attached hydrogens (tertiary/aromatic N) is 1. The Morgan fingerprint density at radius 1 is 1.33 bits per heavy atom. The molecule has 1 aliphatic carbocycles. The Morgan fingerprint density at radius 3 is 2.44 bits per heavy atom. The molecule has 0 aromatic heterocycles. The molecule has 0 saturated carbocycles. The highest BCUT2D eigenvalue weighted by Crippen LogP contribution is 1.96. The number of hydrogen-bond acceptors (Lipinski definition) is 3. The Labute approximate surface area is 59.1 Å². The molecule has 3 heteroatoms. The summed E-state index contributed by atoms with van der Waals surface area (Å²) in [6.07, 6.45) is 7.04. The molecule has 1 aliphatic rings. The first-order chi connectivity index (χ1) is 4.34. The van der Waals surface area contributed by atoms with Crippen molar-refractivity contribution in [1.82, 2.24) is 0 Å². The molecular formula is C6H6N2S. The van der Waals surface area contributed by atoms with Crippen LogP contribution in [-0.4, -0.2) is 11.4 Å². The van der Waals surface area contributed by atoms with E-state index >= 15 is 0 Å². The Bertz CT molecular complexity index is 213. The third-order valence-corrected chi connectivity index (χ3v) is 1.23. The van der Waals surface area contributed by atoms with Crippen molar-refractivity contribution in [3.8, 4) is 0 Å². The minimum absolute atomic E-state index is 0.410. The van der Waals surface area contributed by atoms with Crippen LogP contribution in [0, 0.1) is 5.41 Å². The second-order valence-electron chi connectivity index (χ2n) is 1.62. The smallest absolute Gasteiger partial charge is 0.0959 e. The number of rotatable bonds is 0. The molecule has 0 unspecified atom stereocenters. The van der Waals surface area contributed by atoms with Crippen LogP contribution in [-0.2, 0) is 0 Å². The molecule has 0 aromatic rings. The average molecular weight is 138 g/mol. The lowest BCUT2D eigenvalue weighted by molar-refractivity contribution is 1.54. The zero-order valence-corrected chi connectivity index (χ0v) is 5.60. The van der Waals surface area contributed by atoms with Gasteiger partial charge in [0, 0.05) is 0 Å². The van der Waals surface area contributed by atoms with E-state index in [1.54, 1.807) is 18.2 Å². The van der Waals surface area contributed by atoms with Crippen LogP contribution in [0.5, 0.6) is 0 Å². The van der Waals surface area contributed by atoms with Crippen molar-refractivity contribution < 1.29 is 0 Å². The third-order valence-electron chi connectivity index (χ3n) is 1.01. The highest BCUT2D eigenvalue weighted by Gasteiger charge is 1.99. The standard InChI is InChI=1S/C6H6N2S/c7-5-3-1-2-4-6(5)8-9/h1-4,7,9H/b7-5?,8-6-. The van der Waals surface area contributed by atoms with Gasteiger partial charge in [-0.05, 0) is 25.0 Å². The largest absolute Gasteiger partial charge is 0.299 e. The van der Waals surface area contributed by atoms with E-state index in [9.17, 15) is 0 Å². The van der Waals surface area contributed by atoms with Crippen LogP contribution in [0.1, 0.15) is 0 Å². The van der Waals surface area contributed by atoms with Crippen LogP contribution in [0.2, 0.25) is 0 Å². The predicted octanol–water partition coefficient (Wildman–Crippen LogP) is 1.42. The molecule has 0 heterocycles. The molecule has 1 N–H and O–H groups in total. The quantitative estimate of drug-likeness (QED) is 0.375. The Kier molecular flexibility index (Phi) is 1.85. The van der Waals surface area contributed by atoms with E-state index in [0.29, 0.717) is 11.4 Å². The normalized spacial score (nSPS) is 21.4. The van der Waals surface area contributed by atoms with Crippen LogP contribution in [0.15, 0.2) is 28.7 Å². The summed E-state index contributed by atoms with van der Waals surface area (Å²) in [6.45, 7) is 0. The van der Waals surface area contributed by atoms with Gasteiger partial charge in [0.25, 0.3) is 0 Å². The van der Waals surface area contributed by atoms with E-state index in [1.165, 1.54) is 0 Å². The molecular weight excluding hydrogens is 132 g/mol. The molecule has 0 fully saturated rings. The monoisotopic (exact) mass is 138 g/mol. The van der Waals surface area contributed by atoms with Crippen molar-refractivity contribution in [2.45, 2.75) is 0 Å². The number of nitrogens with one attached hydrogen (secondary N) is 1. The van der Waals surface area contributed by atoms with E-state index < -0.39 is 0 Å². The summed E-state index contributed by atoms with van der Waals surface area (Å²) in [5, 5.41) is 7.23. The summed E-state index contributed by atoms with van der Waals surface area (Å²) >= 11 is 3.68. The molecule has 0 aliphatic heterocycles. The predicted molar refractivity (Wildman–Crippen MR) is 42.4 cm³/mol. The topological polar surface area (TPSA) is 36.2 Å². The molecule has 0 bridgehead atoms. The van der Waals surface area contributed by atoms with Gasteiger partial charge in [-0.25, -0.2) is 4.40 Å². The van der Waals surface area contributed by atoms with Gasteiger partial charge in [0.1, 0.15) is 0 Å². The van der Waals surface area contributed by atoms with Gasteiger partial charge in [0.05, 0.1) is 11.4 Å². The highest BCUT2D eigenvalue weighted by atomic mass is 32.1. The maximum Gasteiger partial charge on any atom is 0.0959 e. The SMILES string of the molecule is N=C1C=CC=C/C1=N/S. The van der Waals surface area contributed by atoms with Crippen molar-refractivity contribution >= 4 is 24.2 Å². The van der Waals surface area contributed by atoms with Gasteiger partial charge in [0.2, 0.25) is 0 Å². The molecule has 0 atom stereocenters. The van der Waals surface area contributed by atoms with E-state index in [2.05, 4.69) is 17.2 Å². The molecule has 1 rings (SSSR count). The van der Waals surface area contributed by atoms with Gasteiger partial charge in [-0.3, -0.25) is 5.41 Å². The van der Waals surface area contributed by atoms with Gasteiger partial charge in [0.15, 0.2) is 0 Å². The molecule has 0 saturated heterocycles. The van der Waals surface area contributed by atoms with Crippen molar-refractivity contribution in [1.29, 1.82) is 5.41 Å². The highest BCUT2D eigenvalue weighted by molar-refractivity contribution is 7.79. The van der Waals surface area contributed by atoms with Crippen molar-refractivity contribution in [3.63, 3.8) is 0 Å². The molecule has 2 nitrogen and oxygen atoms in total. The number of allylic oxidation sites excluding steroid dienone is 4. The van der Waals surface area contributed by atoms with E-state index in [4.69, 9.17) is 5.41 Å². The summed E-state index contributed by atoms with van der Waals surface area (Å²) in [4.78, 5) is 0. The lowest BCUT2D eigenvalue weighted by Gasteiger charge is -1.98. The van der Waals surface area contributed by atoms with Crippen LogP contribution >= 0.6 is 12.8 Å². The van der Waals surface area contributed by atoms with E-state index in [-0.39, 0.29) is 0 Å². The lowest BCUT2D eigenvalue weighted by atomic mass is 10.1. The fourth-order valence-corrected chi connectivity index (χ4v) is 0.735. The first-order valence-corrected chi connectivity index (χ1v) is 2.90. The Balaban J connectivity index is 2.91. The van der Waals surface area contributed by atoms with Crippen LogP contribution in [0.3, 0.4) is 0 Å². The van der Waals surface area contributed by atoms with Gasteiger partial charge in [-0.1, -0.05) is 12.2 Å². The first-order valence-electron chi connectivity index (χ1n) is 2.50. The minimum atomic E-state index is 0.410. The molecule has 0 aromatic carbocycles. The van der Waals surface area contributed by atoms with Crippen molar-refractivity contribution in [3.05, 3.63) is 24.3 Å². The van der Waals surface area contributed by atoms with E-state index in [0.717, 1.165) is 0 Å². The third kappa shape index (κ3) is 1.29. The fourth-order valence-electron chi connectivity index (χ4n) is 0.561. The second-order valence-corrected chi connectivity index (χ2v) is 1.82. The van der Waals surface area contributed by atoms with Crippen molar-refractivity contribution in [2.24, 2.45) is 4.40 Å². The number of thiol groups is 1. The molecule has 46 valence electrons. The molecule has 0 amide bonds. The summed E-state index contributed by atoms with van der Waals surface area (Å²) in [5.74, 6) is 0. The fraction of sp³-hybridized carbons (Fsp3) is 0. The summed E-state index contributed by atoms with van der Waals surface area (Å²) in [7, 11) is 0. The Hall–Kier alpha value is -0.830. The first kappa shape index (κ1) is 6.29. The zero-order valence-electron chi connectivity index (χ0n) is 4.70. The van der Waals surface area contributed by atoms with Crippen molar-refractivity contribution in [2.75, 3.05) is 0 Å². The second kappa shape index (κ2) is 2.64. The molecule has 9 heavy (non-hydrogen) atoms. The maximum atomic E-state index is 7.23.